The SMILES string of the molecule is CC1=C(C)C2(C)C(C)=C(C3=C(C)[C@]4(C)C(C)=C(C)[P@@]3C4C)P1C2C. The van der Waals surface area contributed by atoms with Crippen molar-refractivity contribution in [3.63, 3.8) is 0 Å². The maximum absolute atomic E-state index is 2.53. The normalized spacial score (nSPS) is 47.2. The maximum atomic E-state index is 2.53. The number of allylic oxidation sites excluding steroid dienone is 8. The lowest BCUT2D eigenvalue weighted by Gasteiger charge is -2.33. The zero-order valence-electron chi connectivity index (χ0n) is 17.0. The van der Waals surface area contributed by atoms with Crippen LogP contribution in [0.2, 0.25) is 0 Å². The van der Waals surface area contributed by atoms with E-state index in [1.165, 1.54) is 0 Å². The molecule has 4 unspecified atom stereocenters. The molecular weight excluding hydrogens is 326 g/mol. The Bertz CT molecular complexity index is 738. The number of hydrogen-bond acceptors (Lipinski definition) is 0. The molecule has 0 aromatic carbocycles. The van der Waals surface area contributed by atoms with E-state index >= 15 is 0 Å². The molecule has 4 rings (SSSR count). The molecule has 6 atom stereocenters. The van der Waals surface area contributed by atoms with Crippen LogP contribution in [0.3, 0.4) is 0 Å². The molecule has 2 heteroatoms. The van der Waals surface area contributed by atoms with E-state index in [0.29, 0.717) is 10.8 Å². The van der Waals surface area contributed by atoms with Crippen molar-refractivity contribution in [1.29, 1.82) is 0 Å². The molecule has 0 nitrogen and oxygen atoms in total. The van der Waals surface area contributed by atoms with Gasteiger partial charge in [0.2, 0.25) is 0 Å². The Kier molecular flexibility index (Phi) is 3.41. The average Bonchev–Trinajstić information content (AvgIpc) is 3.00. The first-order chi connectivity index (χ1) is 11.0. The minimum Gasteiger partial charge on any atom is -0.0589 e. The Hall–Kier alpha value is -0.180. The lowest BCUT2D eigenvalue weighted by atomic mass is 9.72. The van der Waals surface area contributed by atoms with Gasteiger partial charge in [-0.2, -0.15) is 0 Å². The largest absolute Gasteiger partial charge is 0.0589 e. The second-order valence-corrected chi connectivity index (χ2v) is 14.1. The van der Waals surface area contributed by atoms with Crippen molar-refractivity contribution in [2.75, 3.05) is 0 Å². The molecule has 4 bridgehead atoms. The van der Waals surface area contributed by atoms with E-state index in [-0.39, 0.29) is 15.8 Å². The first kappa shape index (κ1) is 17.2. The van der Waals surface area contributed by atoms with Gasteiger partial charge in [-0.25, -0.2) is 0 Å². The van der Waals surface area contributed by atoms with Crippen LogP contribution < -0.4 is 0 Å². The molecule has 130 valence electrons. The average molecular weight is 358 g/mol. The van der Waals surface area contributed by atoms with Gasteiger partial charge in [-0.1, -0.05) is 50.0 Å². The van der Waals surface area contributed by atoms with Crippen LogP contribution in [0.25, 0.3) is 0 Å². The highest BCUT2D eigenvalue weighted by atomic mass is 31.1. The molecule has 24 heavy (non-hydrogen) atoms. The summed E-state index contributed by atoms with van der Waals surface area (Å²) in [6.07, 6.45) is 0. The van der Waals surface area contributed by atoms with Gasteiger partial charge in [-0.05, 0) is 90.0 Å². The van der Waals surface area contributed by atoms with Crippen molar-refractivity contribution in [3.05, 3.63) is 43.5 Å². The van der Waals surface area contributed by atoms with Gasteiger partial charge in [0.05, 0.1) is 0 Å². The van der Waals surface area contributed by atoms with Crippen LogP contribution in [0.5, 0.6) is 0 Å². The molecular formula is C22H32P2. The third-order valence-corrected chi connectivity index (χ3v) is 15.7. The third kappa shape index (κ3) is 1.48. The van der Waals surface area contributed by atoms with Crippen molar-refractivity contribution < 1.29 is 0 Å². The Balaban J connectivity index is 1.95. The molecule has 0 N–H and O–H groups in total. The minimum absolute atomic E-state index is 0.111. The van der Waals surface area contributed by atoms with Gasteiger partial charge < -0.3 is 0 Å². The van der Waals surface area contributed by atoms with Crippen molar-refractivity contribution in [2.24, 2.45) is 10.8 Å². The first-order valence-electron chi connectivity index (χ1n) is 9.39. The summed E-state index contributed by atoms with van der Waals surface area (Å²) in [5, 5.41) is 7.12. The van der Waals surface area contributed by atoms with Crippen LogP contribution in [0.15, 0.2) is 43.5 Å². The second-order valence-electron chi connectivity index (χ2n) is 8.86. The quantitative estimate of drug-likeness (QED) is 0.417. The Labute approximate surface area is 151 Å². The van der Waals surface area contributed by atoms with Crippen molar-refractivity contribution in [3.8, 4) is 0 Å². The van der Waals surface area contributed by atoms with E-state index in [0.717, 1.165) is 11.3 Å². The van der Waals surface area contributed by atoms with Gasteiger partial charge in [0.25, 0.3) is 0 Å². The predicted octanol–water partition coefficient (Wildman–Crippen LogP) is 7.93. The number of hydrogen-bond donors (Lipinski definition) is 0. The Morgan fingerprint density at radius 3 is 1.12 bits per heavy atom. The summed E-state index contributed by atoms with van der Waals surface area (Å²) >= 11 is 0. The second kappa shape index (κ2) is 4.75. The summed E-state index contributed by atoms with van der Waals surface area (Å²) in [5.41, 5.74) is 9.04. The van der Waals surface area contributed by atoms with E-state index < -0.39 is 0 Å². The molecule has 0 aromatic heterocycles. The monoisotopic (exact) mass is 358 g/mol. The van der Waals surface area contributed by atoms with E-state index in [2.05, 4.69) is 69.2 Å². The van der Waals surface area contributed by atoms with Gasteiger partial charge in [-0.3, -0.25) is 0 Å². The lowest BCUT2D eigenvalue weighted by molar-refractivity contribution is 0.485. The van der Waals surface area contributed by atoms with Crippen LogP contribution in [-0.4, -0.2) is 11.3 Å². The van der Waals surface area contributed by atoms with Crippen LogP contribution in [0, 0.1) is 10.8 Å². The molecule has 0 fully saturated rings. The summed E-state index contributed by atoms with van der Waals surface area (Å²) in [5.74, 6) is 0. The van der Waals surface area contributed by atoms with E-state index in [9.17, 15) is 0 Å². The molecule has 4 aliphatic rings. The molecule has 0 radical (unpaired) electrons. The number of fused-ring (bicyclic) bond motifs is 4. The highest BCUT2D eigenvalue weighted by Crippen LogP contribution is 2.86. The van der Waals surface area contributed by atoms with Gasteiger partial charge in [0, 0.05) is 10.8 Å². The third-order valence-electron chi connectivity index (χ3n) is 8.79. The minimum atomic E-state index is -0.111. The molecule has 0 aliphatic carbocycles. The summed E-state index contributed by atoms with van der Waals surface area (Å²) in [6, 6.07) is 0. The van der Waals surface area contributed by atoms with Gasteiger partial charge in [0.15, 0.2) is 0 Å². The van der Waals surface area contributed by atoms with E-state index in [1.807, 2.05) is 10.6 Å². The molecule has 0 spiro atoms. The molecule has 4 aliphatic heterocycles. The molecule has 0 amide bonds. The van der Waals surface area contributed by atoms with Crippen LogP contribution in [0.1, 0.15) is 69.2 Å². The van der Waals surface area contributed by atoms with E-state index in [1.54, 1.807) is 32.9 Å². The van der Waals surface area contributed by atoms with Crippen LogP contribution in [-0.2, 0) is 0 Å². The highest BCUT2D eigenvalue weighted by molar-refractivity contribution is 7.73. The summed E-state index contributed by atoms with van der Waals surface area (Å²) < 4.78 is 0. The fourth-order valence-corrected chi connectivity index (χ4v) is 14.4. The van der Waals surface area contributed by atoms with Crippen molar-refractivity contribution in [2.45, 2.75) is 80.6 Å². The summed E-state index contributed by atoms with van der Waals surface area (Å²) in [7, 11) is -0.222. The Morgan fingerprint density at radius 2 is 0.875 bits per heavy atom. The van der Waals surface area contributed by atoms with Gasteiger partial charge in [0.1, 0.15) is 0 Å². The van der Waals surface area contributed by atoms with Gasteiger partial charge in [-0.15, -0.1) is 0 Å². The lowest BCUT2D eigenvalue weighted by Crippen LogP contribution is -2.24. The maximum Gasteiger partial charge on any atom is 0.0173 e. The summed E-state index contributed by atoms with van der Waals surface area (Å²) in [6.45, 7) is 24.7. The Morgan fingerprint density at radius 1 is 0.583 bits per heavy atom. The van der Waals surface area contributed by atoms with Crippen molar-refractivity contribution in [1.82, 2.24) is 0 Å². The van der Waals surface area contributed by atoms with Crippen LogP contribution >= 0.6 is 15.8 Å². The standard InChI is InChI=1S/C22H32P2/c1-11-15(5)23-17(7)21(11,9)13(3)19(23)20-14(4)22(10)12(2)16(6)24(20)18(22)8/h17-18H,1-10H3/t17?,18?,21-,22?,23-,24?/m0/s1. The topological polar surface area (TPSA) is 0 Å². The zero-order chi connectivity index (χ0) is 17.9. The molecule has 0 saturated carbocycles. The van der Waals surface area contributed by atoms with Gasteiger partial charge >= 0.3 is 0 Å². The van der Waals surface area contributed by atoms with Crippen LogP contribution in [0.4, 0.5) is 0 Å². The summed E-state index contributed by atoms with van der Waals surface area (Å²) in [4.78, 5) is 0. The molecule has 4 heterocycles. The highest BCUT2D eigenvalue weighted by Gasteiger charge is 2.60. The molecule has 0 saturated heterocycles. The molecule has 0 aromatic rings. The fraction of sp³-hybridized carbons (Fsp3) is 0.636. The predicted molar refractivity (Wildman–Crippen MR) is 111 cm³/mol. The zero-order valence-corrected chi connectivity index (χ0v) is 18.8. The van der Waals surface area contributed by atoms with E-state index in [4.69, 9.17) is 0 Å². The first-order valence-corrected chi connectivity index (χ1v) is 12.2. The fourth-order valence-electron chi connectivity index (χ4n) is 6.19. The smallest absolute Gasteiger partial charge is 0.0173 e. The number of rotatable bonds is 1. The van der Waals surface area contributed by atoms with Crippen molar-refractivity contribution >= 4 is 15.8 Å².